The fourth-order valence-electron chi connectivity index (χ4n) is 5.08. The van der Waals surface area contributed by atoms with Crippen molar-refractivity contribution in [3.63, 3.8) is 0 Å². The number of benzene rings is 2. The molecular weight excluding hydrogens is 655 g/mol. The van der Waals surface area contributed by atoms with Gasteiger partial charge in [0.1, 0.15) is 6.66 Å². The maximum atomic E-state index is 10.7. The highest BCUT2D eigenvalue weighted by molar-refractivity contribution is 8.01. The third kappa shape index (κ3) is 11.7. The number of hydrogen-bond donors (Lipinski definition) is 0. The average molecular weight is 717 g/mol. The molecule has 1 unspecified atom stereocenters. The molecule has 9 heteroatoms. The highest BCUT2D eigenvalue weighted by Crippen LogP contribution is 2.45. The third-order valence-electron chi connectivity index (χ3n) is 8.04. The van der Waals surface area contributed by atoms with Crippen LogP contribution >= 0.6 is 15.1 Å². The van der Waals surface area contributed by atoms with Gasteiger partial charge in [-0.15, -0.1) is 0 Å². The van der Waals surface area contributed by atoms with Gasteiger partial charge in [0.05, 0.1) is 5.30 Å². The molecule has 0 N–H and O–H groups in total. The van der Waals surface area contributed by atoms with Crippen LogP contribution in [0.4, 0.5) is 13.2 Å². The van der Waals surface area contributed by atoms with E-state index < -0.39 is 22.8 Å². The molecule has 0 aliphatic rings. The van der Waals surface area contributed by atoms with Gasteiger partial charge >= 0.3 is 5.51 Å². The number of alkyl halides is 3. The molecule has 0 aromatic heterocycles. The van der Waals surface area contributed by atoms with Crippen LogP contribution in [-0.4, -0.2) is 25.1 Å². The minimum Gasteiger partial charge on any atom is -0.741 e. The van der Waals surface area contributed by atoms with E-state index in [-0.39, 0.29) is 32.5 Å². The van der Waals surface area contributed by atoms with Gasteiger partial charge in [0.15, 0.2) is 30.5 Å². The summed E-state index contributed by atoms with van der Waals surface area (Å²) < 4.78 is 58.9. The van der Waals surface area contributed by atoms with E-state index in [9.17, 15) is 13.2 Å². The molecule has 1 atom stereocenters. The lowest BCUT2D eigenvalue weighted by atomic mass is 9.75. The van der Waals surface area contributed by atoms with Crippen LogP contribution in [-0.2, 0) is 42.6 Å². The van der Waals surface area contributed by atoms with E-state index in [1.807, 2.05) is 0 Å². The van der Waals surface area contributed by atoms with Gasteiger partial charge in [-0.25, -0.2) is 8.42 Å². The van der Waals surface area contributed by atoms with Crippen molar-refractivity contribution in [2.24, 2.45) is 0 Å². The Morgan fingerprint density at radius 3 is 0.957 bits per heavy atom. The van der Waals surface area contributed by atoms with E-state index >= 15 is 0 Å². The van der Waals surface area contributed by atoms with Crippen molar-refractivity contribution in [3.05, 3.63) is 57.6 Å². The topological polar surface area (TPSA) is 57.2 Å². The molecule has 2 rings (SSSR count). The second-order valence-electron chi connectivity index (χ2n) is 18.9. The maximum absolute atomic E-state index is 10.7. The molecule has 0 saturated carbocycles. The summed E-state index contributed by atoms with van der Waals surface area (Å²) >= 11 is 0. The van der Waals surface area contributed by atoms with Gasteiger partial charge in [-0.3, -0.25) is 0 Å². The first-order chi connectivity index (χ1) is 20.3. The highest BCUT2D eigenvalue weighted by Gasteiger charge is 2.38. The second-order valence-corrected chi connectivity index (χ2v) is 24.8. The zero-order chi connectivity index (χ0) is 37.7. The SMILES string of the molecule is C[P+](=Pc1c(C(C)(C)C)cc(C(C)(C)C)cc1C(C)(C)C)c1c(C(C)(C)C)cc(C(C)(C)C)cc1C(C)(C)C.O=S(=O)([O-])C(F)(F)F. The Bertz CT molecular complexity index is 1510. The summed E-state index contributed by atoms with van der Waals surface area (Å²) in [5.74, 6) is 0. The fourth-order valence-corrected chi connectivity index (χ4v) is 10.5. The van der Waals surface area contributed by atoms with Crippen molar-refractivity contribution in [3.8, 4) is 0 Å². The molecule has 0 heterocycles. The number of hydrogen-bond acceptors (Lipinski definition) is 3. The molecule has 0 aliphatic carbocycles. The number of halogens is 3. The number of rotatable bonds is 2. The molecule has 0 amide bonds. The summed E-state index contributed by atoms with van der Waals surface area (Å²) in [7, 11) is -5.08. The normalized spacial score (nSPS) is 14.6. The van der Waals surface area contributed by atoms with E-state index in [4.69, 9.17) is 13.0 Å². The van der Waals surface area contributed by atoms with Gasteiger partial charge in [0.25, 0.3) is 0 Å². The Morgan fingerprint density at radius 2 is 0.766 bits per heavy atom. The van der Waals surface area contributed by atoms with Gasteiger partial charge in [-0.1, -0.05) is 149 Å². The Morgan fingerprint density at radius 1 is 0.532 bits per heavy atom. The van der Waals surface area contributed by atoms with Crippen LogP contribution < -0.4 is 10.6 Å². The standard InChI is InChI=1S/C37H61P2.CHF3O3S/c1-32(2,3)24-20-26(34(7,8)9)30(27(21-24)35(10,11)12)38-39(19)31-28(36(13,14)15)22-25(33(4,5)6)23-29(31)37(16,17)18;2-1(3,4)8(5,6)7/h20-23H,1-19H3;(H,5,6,7)/q+1;/p-1. The summed E-state index contributed by atoms with van der Waals surface area (Å²) in [6.07, 6.45) is 0. The lowest BCUT2D eigenvalue weighted by Crippen LogP contribution is -2.31. The fraction of sp³-hybridized carbons (Fsp3) is 0.684. The summed E-state index contributed by atoms with van der Waals surface area (Å²) in [5, 5.41) is 3.19. The largest absolute Gasteiger partial charge is 0.741 e. The zero-order valence-electron chi connectivity index (χ0n) is 32.5. The van der Waals surface area contributed by atoms with Crippen molar-refractivity contribution in [2.45, 2.75) is 163 Å². The predicted molar refractivity (Wildman–Crippen MR) is 200 cm³/mol. The molecule has 0 radical (unpaired) electrons. The van der Waals surface area contributed by atoms with E-state index in [2.05, 4.69) is 156 Å². The van der Waals surface area contributed by atoms with Gasteiger partial charge < -0.3 is 4.55 Å². The summed E-state index contributed by atoms with van der Waals surface area (Å²) in [5.41, 5.74) is 3.97. The van der Waals surface area contributed by atoms with Crippen molar-refractivity contribution < 1.29 is 26.1 Å². The molecule has 47 heavy (non-hydrogen) atoms. The van der Waals surface area contributed by atoms with Crippen molar-refractivity contribution in [1.82, 2.24) is 0 Å². The van der Waals surface area contributed by atoms with Crippen LogP contribution in [0.25, 0.3) is 0 Å². The monoisotopic (exact) mass is 716 g/mol. The van der Waals surface area contributed by atoms with Gasteiger partial charge in [-0.05, 0) is 54.7 Å². The van der Waals surface area contributed by atoms with Crippen molar-refractivity contribution >= 4 is 35.8 Å². The first kappa shape index (κ1) is 43.8. The molecule has 268 valence electrons. The zero-order valence-corrected chi connectivity index (χ0v) is 35.1. The van der Waals surface area contributed by atoms with E-state index in [0.717, 1.165) is 0 Å². The molecule has 2 aromatic rings. The third-order valence-corrected chi connectivity index (χ3v) is 12.8. The first-order valence-electron chi connectivity index (χ1n) is 16.2. The van der Waals surface area contributed by atoms with Crippen LogP contribution in [0.2, 0.25) is 0 Å². The molecule has 0 aliphatic heterocycles. The lowest BCUT2D eigenvalue weighted by molar-refractivity contribution is -0.0517. The van der Waals surface area contributed by atoms with Gasteiger partial charge in [-0.2, -0.15) is 13.2 Å². The molecule has 0 saturated heterocycles. The second kappa shape index (κ2) is 13.8. The van der Waals surface area contributed by atoms with Crippen LogP contribution in [0.1, 0.15) is 158 Å². The Balaban J connectivity index is 0.00000122. The maximum Gasteiger partial charge on any atom is 0.485 e. The van der Waals surface area contributed by atoms with Crippen molar-refractivity contribution in [1.29, 1.82) is 0 Å². The van der Waals surface area contributed by atoms with Crippen LogP contribution in [0, 0.1) is 0 Å². The van der Waals surface area contributed by atoms with Gasteiger partial charge in [0, 0.05) is 11.1 Å². The Kier molecular flexibility index (Phi) is 12.9. The summed E-state index contributed by atoms with van der Waals surface area (Å²) in [6, 6.07) is 10.2. The smallest absolute Gasteiger partial charge is 0.485 e. The average Bonchev–Trinajstić information content (AvgIpc) is 2.78. The molecule has 0 fully saturated rings. The molecule has 0 bridgehead atoms. The van der Waals surface area contributed by atoms with Crippen LogP contribution in [0.3, 0.4) is 0 Å². The molecule has 2 aromatic carbocycles. The molecule has 0 spiro atoms. The lowest BCUT2D eigenvalue weighted by Gasteiger charge is -2.32. The van der Waals surface area contributed by atoms with Crippen LogP contribution in [0.15, 0.2) is 24.3 Å². The first-order valence-corrected chi connectivity index (χ1v) is 21.0. The minimum absolute atomic E-state index is 0.0789. The van der Waals surface area contributed by atoms with Gasteiger partial charge in [0.2, 0.25) is 0 Å². The summed E-state index contributed by atoms with van der Waals surface area (Å²) in [6.45, 7) is 45.5. The highest BCUT2D eigenvalue weighted by atomic mass is 32.2. The summed E-state index contributed by atoms with van der Waals surface area (Å²) in [4.78, 5) is 0. The van der Waals surface area contributed by atoms with Crippen molar-refractivity contribution in [2.75, 3.05) is 6.66 Å². The Hall–Kier alpha value is -1.26. The predicted octanol–water partition coefficient (Wildman–Crippen LogP) is 11.4. The Labute approximate surface area is 288 Å². The molecular formula is C38H61F3O3P2S. The molecule has 3 nitrogen and oxygen atoms in total. The van der Waals surface area contributed by atoms with Crippen LogP contribution in [0.5, 0.6) is 0 Å². The quantitative estimate of drug-likeness (QED) is 0.177. The van der Waals surface area contributed by atoms with E-state index in [1.165, 1.54) is 30.1 Å². The van der Waals surface area contributed by atoms with E-state index in [0.29, 0.717) is 0 Å². The van der Waals surface area contributed by atoms with E-state index in [1.54, 1.807) is 21.7 Å². The minimum atomic E-state index is -6.09.